The molecule has 1 N–H and O–H groups in total. The van der Waals surface area contributed by atoms with Gasteiger partial charge >= 0.3 is 5.97 Å². The van der Waals surface area contributed by atoms with E-state index in [0.717, 1.165) is 24.8 Å². The second-order valence-electron chi connectivity index (χ2n) is 6.00. The van der Waals surface area contributed by atoms with E-state index in [0.29, 0.717) is 12.8 Å². The summed E-state index contributed by atoms with van der Waals surface area (Å²) < 4.78 is 5.08. The van der Waals surface area contributed by atoms with Gasteiger partial charge in [-0.3, -0.25) is 9.59 Å². The number of carbonyl (C=O) groups excluding carboxylic acids is 2. The normalized spacial score (nSPS) is 16.2. The van der Waals surface area contributed by atoms with Crippen molar-refractivity contribution in [2.24, 2.45) is 0 Å². The molecule has 0 spiro atoms. The van der Waals surface area contributed by atoms with E-state index in [9.17, 15) is 9.59 Å². The van der Waals surface area contributed by atoms with Gasteiger partial charge in [-0.2, -0.15) is 11.3 Å². The molecule has 0 radical (unpaired) electrons. The van der Waals surface area contributed by atoms with E-state index in [1.54, 1.807) is 11.3 Å². The molecule has 2 aromatic rings. The van der Waals surface area contributed by atoms with Crippen molar-refractivity contribution in [3.63, 3.8) is 0 Å². The van der Waals surface area contributed by atoms with E-state index in [1.807, 2.05) is 29.0 Å². The fourth-order valence-electron chi connectivity index (χ4n) is 3.04. The van der Waals surface area contributed by atoms with Crippen LogP contribution < -0.4 is 5.32 Å². The maximum atomic E-state index is 12.1. The number of benzene rings is 1. The number of carbonyl (C=O) groups is 2. The fraction of sp³-hybridized carbons (Fsp3) is 0.368. The average Bonchev–Trinajstić information content (AvgIpc) is 3.12. The summed E-state index contributed by atoms with van der Waals surface area (Å²) in [6.07, 6.45) is 3.99. The van der Waals surface area contributed by atoms with Crippen LogP contribution in [0, 0.1) is 0 Å². The summed E-state index contributed by atoms with van der Waals surface area (Å²) in [5, 5.41) is 6.98. The smallest absolute Gasteiger partial charge is 0.306 e. The minimum absolute atomic E-state index is 0.0203. The minimum atomic E-state index is -0.333. The van der Waals surface area contributed by atoms with Crippen LogP contribution in [0.1, 0.15) is 42.0 Å². The van der Waals surface area contributed by atoms with Crippen LogP contribution in [0.25, 0.3) is 0 Å². The number of amides is 1. The van der Waals surface area contributed by atoms with Crippen LogP contribution in [-0.4, -0.2) is 18.5 Å². The zero-order chi connectivity index (χ0) is 16.8. The van der Waals surface area contributed by atoms with Gasteiger partial charge in [-0.25, -0.2) is 0 Å². The Morgan fingerprint density at radius 3 is 2.96 bits per heavy atom. The lowest BCUT2D eigenvalue weighted by molar-refractivity contribution is -0.148. The first kappa shape index (κ1) is 16.7. The summed E-state index contributed by atoms with van der Waals surface area (Å²) in [6.45, 7) is -0.207. The predicted molar refractivity (Wildman–Crippen MR) is 93.9 cm³/mol. The van der Waals surface area contributed by atoms with E-state index in [-0.39, 0.29) is 24.5 Å². The molecule has 24 heavy (non-hydrogen) atoms. The molecule has 0 fully saturated rings. The van der Waals surface area contributed by atoms with Crippen LogP contribution in [0.5, 0.6) is 0 Å². The highest BCUT2D eigenvalue weighted by Gasteiger charge is 2.21. The van der Waals surface area contributed by atoms with Gasteiger partial charge < -0.3 is 10.1 Å². The van der Waals surface area contributed by atoms with Crippen LogP contribution in [-0.2, 0) is 27.2 Å². The number of fused-ring (bicyclic) bond motifs is 1. The Labute approximate surface area is 145 Å². The molecule has 1 aromatic carbocycles. The number of nitrogens with one attached hydrogen (secondary N) is 1. The highest BCUT2D eigenvalue weighted by atomic mass is 32.1. The van der Waals surface area contributed by atoms with E-state index >= 15 is 0 Å². The monoisotopic (exact) mass is 343 g/mol. The van der Waals surface area contributed by atoms with E-state index in [1.165, 1.54) is 11.1 Å². The number of hydrogen-bond acceptors (Lipinski definition) is 4. The molecule has 1 heterocycles. The summed E-state index contributed by atoms with van der Waals surface area (Å²) in [6, 6.07) is 10.2. The van der Waals surface area contributed by atoms with Crippen molar-refractivity contribution in [2.45, 2.75) is 38.1 Å². The molecule has 0 saturated heterocycles. The third kappa shape index (κ3) is 4.45. The number of thiophene rings is 1. The Kier molecular flexibility index (Phi) is 5.64. The molecule has 1 aliphatic carbocycles. The molecule has 1 aromatic heterocycles. The predicted octanol–water partition coefficient (Wildman–Crippen LogP) is 3.42. The number of hydrogen-bond donors (Lipinski definition) is 1. The van der Waals surface area contributed by atoms with Gasteiger partial charge in [0.25, 0.3) is 5.91 Å². The second kappa shape index (κ2) is 8.11. The Hall–Kier alpha value is -2.14. The maximum absolute atomic E-state index is 12.1. The molecule has 126 valence electrons. The highest BCUT2D eigenvalue weighted by molar-refractivity contribution is 7.07. The molecular formula is C19H21NO3S. The molecule has 3 rings (SSSR count). The Morgan fingerprint density at radius 1 is 1.25 bits per heavy atom. The molecule has 1 amide bonds. The van der Waals surface area contributed by atoms with Gasteiger partial charge in [0.15, 0.2) is 6.61 Å². The number of ether oxygens (including phenoxy) is 1. The zero-order valence-corrected chi connectivity index (χ0v) is 14.3. The number of aryl methyl sites for hydroxylation is 2. The first-order valence-electron chi connectivity index (χ1n) is 8.26. The van der Waals surface area contributed by atoms with Crippen molar-refractivity contribution in [2.75, 3.05) is 6.61 Å². The van der Waals surface area contributed by atoms with Gasteiger partial charge in [0.1, 0.15) is 0 Å². The van der Waals surface area contributed by atoms with Crippen molar-refractivity contribution in [1.82, 2.24) is 5.32 Å². The molecule has 0 unspecified atom stereocenters. The number of rotatable bonds is 6. The van der Waals surface area contributed by atoms with Crippen LogP contribution in [0.3, 0.4) is 0 Å². The lowest BCUT2D eigenvalue weighted by Crippen LogP contribution is -2.34. The van der Waals surface area contributed by atoms with Gasteiger partial charge in [-0.15, -0.1) is 0 Å². The molecule has 1 aliphatic rings. The van der Waals surface area contributed by atoms with Crippen molar-refractivity contribution in [3.8, 4) is 0 Å². The van der Waals surface area contributed by atoms with Crippen LogP contribution in [0.15, 0.2) is 41.1 Å². The molecule has 1 atom stereocenters. The fourth-order valence-corrected chi connectivity index (χ4v) is 3.74. The Balaban J connectivity index is 1.44. The molecule has 0 saturated carbocycles. The SMILES string of the molecule is O=C(COC(=O)CCc1ccsc1)N[C@H]1CCCc2ccccc21. The van der Waals surface area contributed by atoms with Crippen molar-refractivity contribution >= 4 is 23.2 Å². The minimum Gasteiger partial charge on any atom is -0.456 e. The van der Waals surface area contributed by atoms with Crippen molar-refractivity contribution in [3.05, 3.63) is 57.8 Å². The quantitative estimate of drug-likeness (QED) is 0.818. The first-order chi connectivity index (χ1) is 11.7. The van der Waals surface area contributed by atoms with Gasteiger partial charge in [0.05, 0.1) is 6.04 Å². The molecular weight excluding hydrogens is 322 g/mol. The van der Waals surface area contributed by atoms with Gasteiger partial charge in [-0.05, 0) is 59.2 Å². The summed E-state index contributed by atoms with van der Waals surface area (Å²) in [5.41, 5.74) is 3.60. The highest BCUT2D eigenvalue weighted by Crippen LogP contribution is 2.29. The van der Waals surface area contributed by atoms with Crippen molar-refractivity contribution < 1.29 is 14.3 Å². The summed E-state index contributed by atoms with van der Waals surface area (Å²) in [5.74, 6) is -0.569. The van der Waals surface area contributed by atoms with E-state index < -0.39 is 0 Å². The zero-order valence-electron chi connectivity index (χ0n) is 13.5. The molecule has 4 nitrogen and oxygen atoms in total. The Morgan fingerprint density at radius 2 is 2.12 bits per heavy atom. The van der Waals surface area contributed by atoms with Gasteiger partial charge in [-0.1, -0.05) is 24.3 Å². The first-order valence-corrected chi connectivity index (χ1v) is 9.20. The van der Waals surface area contributed by atoms with Crippen LogP contribution in [0.2, 0.25) is 0 Å². The standard InChI is InChI=1S/C19H21NO3S/c21-18(12-23-19(22)9-8-14-10-11-24-13-14)20-17-7-3-5-15-4-1-2-6-16(15)17/h1-2,4,6,10-11,13,17H,3,5,7-9,12H2,(H,20,21)/t17-/m0/s1. The van der Waals surface area contributed by atoms with Crippen LogP contribution >= 0.6 is 11.3 Å². The van der Waals surface area contributed by atoms with Crippen LogP contribution in [0.4, 0.5) is 0 Å². The van der Waals surface area contributed by atoms with E-state index in [4.69, 9.17) is 4.74 Å². The van der Waals surface area contributed by atoms with Gasteiger partial charge in [0.2, 0.25) is 0 Å². The van der Waals surface area contributed by atoms with Crippen molar-refractivity contribution in [1.29, 1.82) is 0 Å². The Bertz CT molecular complexity index is 696. The lowest BCUT2D eigenvalue weighted by atomic mass is 9.88. The largest absolute Gasteiger partial charge is 0.456 e. The summed E-state index contributed by atoms with van der Waals surface area (Å²) in [4.78, 5) is 23.8. The average molecular weight is 343 g/mol. The molecule has 0 bridgehead atoms. The third-order valence-corrected chi connectivity index (χ3v) is 5.00. The van der Waals surface area contributed by atoms with E-state index in [2.05, 4.69) is 17.4 Å². The van der Waals surface area contributed by atoms with Gasteiger partial charge in [0, 0.05) is 6.42 Å². The summed E-state index contributed by atoms with van der Waals surface area (Å²) >= 11 is 1.61. The molecule has 0 aliphatic heterocycles. The molecule has 5 heteroatoms. The third-order valence-electron chi connectivity index (χ3n) is 4.27. The second-order valence-corrected chi connectivity index (χ2v) is 6.78. The maximum Gasteiger partial charge on any atom is 0.306 e. The number of esters is 1. The summed E-state index contributed by atoms with van der Waals surface area (Å²) in [7, 11) is 0. The lowest BCUT2D eigenvalue weighted by Gasteiger charge is -2.26. The topological polar surface area (TPSA) is 55.4 Å².